The van der Waals surface area contributed by atoms with Gasteiger partial charge in [0.2, 0.25) is 17.5 Å². The molecule has 0 saturated heterocycles. The van der Waals surface area contributed by atoms with Crippen LogP contribution in [0, 0.1) is 111 Å². The number of hydrogen-bond donors (Lipinski definition) is 3. The van der Waals surface area contributed by atoms with Crippen LogP contribution in [0.3, 0.4) is 0 Å². The van der Waals surface area contributed by atoms with E-state index in [1.807, 2.05) is 0 Å². The number of halogens is 19. The molecule has 8 bridgehead atoms. The van der Waals surface area contributed by atoms with Crippen LogP contribution in [0.4, 0.5) is 83.4 Å². The second-order valence-electron chi connectivity index (χ2n) is 16.2. The average Bonchev–Trinajstić information content (AvgIpc) is 4.32. The van der Waals surface area contributed by atoms with Crippen LogP contribution in [0.15, 0.2) is 58.3 Å². The molecule has 0 radical (unpaired) electrons. The van der Waals surface area contributed by atoms with Gasteiger partial charge in [-0.25, -0.2) is 98.2 Å². The molecule has 0 unspecified atom stereocenters. The smallest absolute Gasteiger partial charge is 0.335 e. The molecule has 0 spiro atoms. The third-order valence-corrected chi connectivity index (χ3v) is 13.0. The molecule has 0 saturated carbocycles. The zero-order chi connectivity index (χ0) is 55.5. The van der Waals surface area contributed by atoms with Crippen molar-refractivity contribution >= 4 is 64.1 Å². The number of aromatic nitrogens is 4. The second-order valence-corrected chi connectivity index (χ2v) is 17.3. The lowest BCUT2D eigenvalue weighted by atomic mass is 10.0. The lowest BCUT2D eigenvalue weighted by Gasteiger charge is -2.13. The van der Waals surface area contributed by atoms with E-state index in [0.717, 1.165) is 24.3 Å². The maximum Gasteiger partial charge on any atom is 0.335 e. The lowest BCUT2D eigenvalue weighted by Crippen LogP contribution is -2.06. The summed E-state index contributed by atoms with van der Waals surface area (Å²) in [6.45, 7) is 0. The number of carbonyl (C=O) groups is 1. The van der Waals surface area contributed by atoms with Gasteiger partial charge in [0.05, 0.1) is 55.5 Å². The summed E-state index contributed by atoms with van der Waals surface area (Å²) < 4.78 is 296. The molecule has 0 fully saturated rings. The van der Waals surface area contributed by atoms with Crippen molar-refractivity contribution in [2.24, 2.45) is 0 Å². The molecule has 8 aromatic rings. The molecule has 2 aliphatic heterocycles. The lowest BCUT2D eigenvalue weighted by molar-refractivity contribution is 0.0696. The molecule has 26 heteroatoms. The minimum absolute atomic E-state index is 0.0418. The predicted molar refractivity (Wildman–Crippen MR) is 237 cm³/mol. The summed E-state index contributed by atoms with van der Waals surface area (Å²) in [6.07, 6.45) is 2.54. The highest BCUT2D eigenvalue weighted by Gasteiger charge is 2.35. The van der Waals surface area contributed by atoms with E-state index in [-0.39, 0.29) is 22.2 Å². The van der Waals surface area contributed by atoms with E-state index in [9.17, 15) is 23.1 Å². The van der Waals surface area contributed by atoms with Crippen LogP contribution in [0.5, 0.6) is 0 Å². The molecule has 3 aromatic heterocycles. The number of H-pyrrole nitrogens is 2. The molecule has 5 aromatic carbocycles. The van der Waals surface area contributed by atoms with Crippen molar-refractivity contribution in [3.05, 3.63) is 187 Å². The van der Waals surface area contributed by atoms with Crippen molar-refractivity contribution in [2.75, 3.05) is 0 Å². The van der Waals surface area contributed by atoms with Crippen LogP contribution in [0.25, 0.3) is 90.9 Å². The van der Waals surface area contributed by atoms with Gasteiger partial charge in [-0.15, -0.1) is 0 Å². The zero-order valence-corrected chi connectivity index (χ0v) is 37.6. The van der Waals surface area contributed by atoms with Crippen LogP contribution in [0.2, 0.25) is 0 Å². The Morgan fingerprint density at radius 1 is 0.325 bits per heavy atom. The normalized spacial score (nSPS) is 12.1. The van der Waals surface area contributed by atoms with E-state index in [4.69, 9.17) is 0 Å². The fraction of sp³-hybridized carbons (Fsp3) is 0. The first-order chi connectivity index (χ1) is 36.4. The first-order valence-corrected chi connectivity index (χ1v) is 21.9. The van der Waals surface area contributed by atoms with E-state index >= 15 is 70.2 Å². The molecule has 0 aliphatic carbocycles. The Labute approximate surface area is 418 Å². The van der Waals surface area contributed by atoms with Gasteiger partial charge in [-0.1, -0.05) is 11.8 Å². The van der Waals surface area contributed by atoms with Crippen molar-refractivity contribution in [3.8, 4) is 44.5 Å². The Morgan fingerprint density at radius 3 is 0.805 bits per heavy atom. The number of nitrogens with one attached hydrogen (secondary N) is 2. The highest BCUT2D eigenvalue weighted by molar-refractivity contribution is 7.99. The van der Waals surface area contributed by atoms with Crippen LogP contribution in [-0.2, 0) is 0 Å². The van der Waals surface area contributed by atoms with E-state index in [2.05, 4.69) is 19.9 Å². The van der Waals surface area contributed by atoms with Gasteiger partial charge in [-0.05, 0) is 72.8 Å². The molecular formula is C51H15F19N4O2S. The van der Waals surface area contributed by atoms with E-state index in [1.165, 1.54) is 0 Å². The summed E-state index contributed by atoms with van der Waals surface area (Å²) in [5, 5.41) is 9.23. The number of aromatic carboxylic acids is 1. The minimum Gasteiger partial charge on any atom is -0.478 e. The zero-order valence-electron chi connectivity index (χ0n) is 36.8. The fourth-order valence-electron chi connectivity index (χ4n) is 8.43. The molecule has 5 heterocycles. The number of carboxylic acids is 1. The Morgan fingerprint density at radius 2 is 0.558 bits per heavy atom. The number of nitrogens with zero attached hydrogens (tertiary/aromatic N) is 2. The quantitative estimate of drug-likeness (QED) is 0.0840. The van der Waals surface area contributed by atoms with Crippen LogP contribution in [0.1, 0.15) is 33.1 Å². The molecule has 6 nitrogen and oxygen atoms in total. The van der Waals surface area contributed by atoms with Gasteiger partial charge in [0.25, 0.3) is 0 Å². The number of fused-ring (bicyclic) bond motifs is 8. The summed E-state index contributed by atoms with van der Waals surface area (Å²) in [7, 11) is 0. The maximum atomic E-state index is 16.8. The molecule has 2 aliphatic rings. The van der Waals surface area contributed by atoms with Gasteiger partial charge < -0.3 is 15.1 Å². The van der Waals surface area contributed by atoms with Gasteiger partial charge in [0, 0.05) is 49.2 Å². The summed E-state index contributed by atoms with van der Waals surface area (Å²) >= 11 is 0.0418. The number of benzene rings is 5. The van der Waals surface area contributed by atoms with Gasteiger partial charge in [-0.2, -0.15) is 0 Å². The Bertz CT molecular complexity index is 4050. The minimum atomic E-state index is -2.72. The largest absolute Gasteiger partial charge is 0.478 e. The van der Waals surface area contributed by atoms with Crippen molar-refractivity contribution in [1.29, 1.82) is 0 Å². The number of hydrogen-bond acceptors (Lipinski definition) is 4. The van der Waals surface area contributed by atoms with Crippen LogP contribution in [-0.4, -0.2) is 31.0 Å². The van der Waals surface area contributed by atoms with Crippen molar-refractivity contribution in [2.45, 2.75) is 9.79 Å². The first-order valence-electron chi connectivity index (χ1n) is 21.0. The first kappa shape index (κ1) is 51.7. The monoisotopic (exact) mass is 1110 g/mol. The molecule has 0 atom stereocenters. The fourth-order valence-corrected chi connectivity index (χ4v) is 9.30. The second kappa shape index (κ2) is 18.8. The Kier molecular flexibility index (Phi) is 12.6. The highest BCUT2D eigenvalue weighted by Crippen LogP contribution is 2.46. The van der Waals surface area contributed by atoms with E-state index in [1.54, 1.807) is 0 Å². The third-order valence-electron chi connectivity index (χ3n) is 11.9. The Balaban J connectivity index is 1.42. The molecule has 10 rings (SSSR count). The standard InChI is InChI=1S/C51H15F19N4O2S/c52-31-27(32(53)40(61)45(66)39(31)60)23-15-5-7-17(71-15)24(28-33(54)41(62)46(67)42(63)34(28)55)19-9-11-21(73-19)26(30-37(58)48(69)50(49(70)38(30)59)77-14-3-1-13(2-4-14)51(75)76)22-12-10-20(74-22)25(18-8-6-16(23)72-18)29-35(56)43(64)47(68)44(65)36(29)57/h1-12,71,74H,(H,75,76). The summed E-state index contributed by atoms with van der Waals surface area (Å²) in [5.74, 6) is -49.8. The summed E-state index contributed by atoms with van der Waals surface area (Å²) in [6, 6.07) is 6.61. The van der Waals surface area contributed by atoms with Crippen LogP contribution >= 0.6 is 11.8 Å². The molecule has 3 N–H and O–H groups in total. The highest BCUT2D eigenvalue weighted by atomic mass is 32.2. The Hall–Kier alpha value is -8.81. The topological polar surface area (TPSA) is 94.7 Å². The molecule has 77 heavy (non-hydrogen) atoms. The van der Waals surface area contributed by atoms with Gasteiger partial charge in [0.1, 0.15) is 0 Å². The molecule has 0 amide bonds. The average molecular weight is 1110 g/mol. The van der Waals surface area contributed by atoms with Crippen LogP contribution < -0.4 is 0 Å². The van der Waals surface area contributed by atoms with Crippen molar-refractivity contribution in [3.63, 3.8) is 0 Å². The molecular weight excluding hydrogens is 1090 g/mol. The van der Waals surface area contributed by atoms with Gasteiger partial charge in [-0.3, -0.25) is 0 Å². The predicted octanol–water partition coefficient (Wildman–Crippen LogP) is 15.8. The number of carboxylic acid groups (broad SMARTS) is 1. The van der Waals surface area contributed by atoms with Crippen molar-refractivity contribution in [1.82, 2.24) is 19.9 Å². The van der Waals surface area contributed by atoms with Crippen molar-refractivity contribution < 1.29 is 93.3 Å². The van der Waals surface area contributed by atoms with E-state index < -0.39 is 211 Å². The maximum absolute atomic E-state index is 16.8. The van der Waals surface area contributed by atoms with Gasteiger partial charge >= 0.3 is 5.97 Å². The number of aromatic amines is 2. The summed E-state index contributed by atoms with van der Waals surface area (Å²) in [5.41, 5.74) is -20.3. The van der Waals surface area contributed by atoms with Gasteiger partial charge in [0.15, 0.2) is 93.1 Å². The number of rotatable bonds is 7. The molecule has 390 valence electrons. The summed E-state index contributed by atoms with van der Waals surface area (Å²) in [4.78, 5) is 22.4. The third kappa shape index (κ3) is 7.98. The van der Waals surface area contributed by atoms with E-state index in [0.29, 0.717) is 48.6 Å². The SMILES string of the molecule is O=C(O)c1ccc(Sc2c(F)c(F)c(-c3c4nc(c(-c5c(F)c(F)c(F)c(F)c5F)c5ccc([nH]5)c(-c5c(F)c(F)c(F)c(F)c5F)c5nc(c(-c6c(F)c(F)c(F)c(F)c6F)c6ccc3[nH]6)C=C5)C=C4)c(F)c2F)cc1.